The second-order valence-electron chi connectivity index (χ2n) is 9.04. The summed E-state index contributed by atoms with van der Waals surface area (Å²) in [6.07, 6.45) is 6.58. The van der Waals surface area contributed by atoms with Crippen LogP contribution in [0.5, 0.6) is 0 Å². The summed E-state index contributed by atoms with van der Waals surface area (Å²) < 4.78 is 5.48. The van der Waals surface area contributed by atoms with E-state index in [1.54, 1.807) is 0 Å². The average Bonchev–Trinajstić information content (AvgIpc) is 2.88. The van der Waals surface area contributed by atoms with Gasteiger partial charge in [-0.3, -0.25) is 0 Å². The lowest BCUT2D eigenvalue weighted by Gasteiger charge is -2.20. The van der Waals surface area contributed by atoms with Crippen LogP contribution in [0.2, 0.25) is 0 Å². The van der Waals surface area contributed by atoms with Gasteiger partial charge in [-0.2, -0.15) is 0 Å². The van der Waals surface area contributed by atoms with Crippen molar-refractivity contribution in [3.05, 3.63) is 119 Å². The molecule has 0 N–H and O–H groups in total. The molecule has 0 saturated heterocycles. The van der Waals surface area contributed by atoms with Crippen LogP contribution in [0, 0.1) is 0 Å². The zero-order valence-corrected chi connectivity index (χ0v) is 21.8. The molecule has 0 spiro atoms. The van der Waals surface area contributed by atoms with Crippen molar-refractivity contribution in [1.29, 1.82) is 0 Å². The van der Waals surface area contributed by atoms with E-state index in [9.17, 15) is 9.59 Å². The molecule has 35 heavy (non-hydrogen) atoms. The van der Waals surface area contributed by atoms with Crippen molar-refractivity contribution < 1.29 is 14.3 Å². The molecule has 0 aromatic heterocycles. The highest BCUT2D eigenvalue weighted by molar-refractivity contribution is 9.08. The maximum atomic E-state index is 12.3. The fourth-order valence-electron chi connectivity index (χ4n) is 3.56. The van der Waals surface area contributed by atoms with E-state index in [0.29, 0.717) is 12.0 Å². The highest BCUT2D eigenvalue weighted by atomic mass is 79.9. The second-order valence-corrected chi connectivity index (χ2v) is 9.60. The molecule has 0 fully saturated rings. The molecule has 4 heteroatoms. The van der Waals surface area contributed by atoms with Crippen molar-refractivity contribution in [3.8, 4) is 11.1 Å². The minimum absolute atomic E-state index is 0.289. The number of benzene rings is 3. The van der Waals surface area contributed by atoms with Crippen LogP contribution in [-0.4, -0.2) is 17.5 Å². The van der Waals surface area contributed by atoms with E-state index >= 15 is 0 Å². The highest BCUT2D eigenvalue weighted by Crippen LogP contribution is 2.27. The summed E-state index contributed by atoms with van der Waals surface area (Å²) in [6.45, 7) is 5.62. The fourth-order valence-corrected chi connectivity index (χ4v) is 3.94. The number of carbonyl (C=O) groups is 1. The van der Waals surface area contributed by atoms with Gasteiger partial charge < -0.3 is 4.74 Å². The van der Waals surface area contributed by atoms with Crippen LogP contribution in [0.25, 0.3) is 16.7 Å². The SMILES string of the molecule is CC(C)(C)OC(=O)c1ccccc1-c1ccc(CBr)cc1.O=C=C1CC=CC=C1c1ccccc1. The average molecular weight is 529 g/mol. The molecule has 0 atom stereocenters. The number of esters is 1. The van der Waals surface area contributed by atoms with Gasteiger partial charge in [0.05, 0.1) is 5.56 Å². The van der Waals surface area contributed by atoms with E-state index < -0.39 is 5.60 Å². The summed E-state index contributed by atoms with van der Waals surface area (Å²) in [7, 11) is 0. The number of rotatable bonds is 4. The Morgan fingerprint density at radius 2 is 1.57 bits per heavy atom. The maximum Gasteiger partial charge on any atom is 0.339 e. The van der Waals surface area contributed by atoms with Crippen molar-refractivity contribution in [1.82, 2.24) is 0 Å². The lowest BCUT2D eigenvalue weighted by atomic mass is 9.93. The van der Waals surface area contributed by atoms with Crippen molar-refractivity contribution >= 4 is 33.4 Å². The third-order valence-electron chi connectivity index (χ3n) is 5.22. The van der Waals surface area contributed by atoms with Gasteiger partial charge in [-0.05, 0) is 54.7 Å². The van der Waals surface area contributed by atoms with Crippen LogP contribution in [0.1, 0.15) is 48.7 Å². The van der Waals surface area contributed by atoms with Crippen molar-refractivity contribution in [2.75, 3.05) is 0 Å². The molecular weight excluding hydrogens is 500 g/mol. The minimum atomic E-state index is -0.496. The van der Waals surface area contributed by atoms with Gasteiger partial charge >= 0.3 is 5.97 Å². The van der Waals surface area contributed by atoms with Crippen molar-refractivity contribution in [3.63, 3.8) is 0 Å². The maximum absolute atomic E-state index is 12.3. The summed E-state index contributed by atoms with van der Waals surface area (Å²) in [5, 5.41) is 0.820. The first-order chi connectivity index (χ1) is 16.8. The number of allylic oxidation sites excluding steroid dienone is 5. The Morgan fingerprint density at radius 3 is 2.20 bits per heavy atom. The molecule has 1 aliphatic rings. The summed E-state index contributed by atoms with van der Waals surface area (Å²) in [4.78, 5) is 23.1. The molecule has 3 aromatic carbocycles. The van der Waals surface area contributed by atoms with Crippen LogP contribution < -0.4 is 0 Å². The Hall–Kier alpha value is -3.46. The van der Waals surface area contributed by atoms with Crippen LogP contribution in [-0.2, 0) is 14.9 Å². The van der Waals surface area contributed by atoms with Crippen molar-refractivity contribution in [2.24, 2.45) is 0 Å². The van der Waals surface area contributed by atoms with Crippen LogP contribution in [0.15, 0.2) is 103 Å². The third-order valence-corrected chi connectivity index (χ3v) is 5.87. The quantitative estimate of drug-likeness (QED) is 0.195. The van der Waals surface area contributed by atoms with E-state index in [-0.39, 0.29) is 5.97 Å². The molecule has 0 amide bonds. The molecule has 0 saturated carbocycles. The Kier molecular flexibility index (Phi) is 9.19. The summed E-state index contributed by atoms with van der Waals surface area (Å²) in [6, 6.07) is 25.6. The Labute approximate surface area is 216 Å². The van der Waals surface area contributed by atoms with Gasteiger partial charge in [0.2, 0.25) is 0 Å². The van der Waals surface area contributed by atoms with Crippen LogP contribution in [0.3, 0.4) is 0 Å². The molecule has 0 bridgehead atoms. The van der Waals surface area contributed by atoms with Crippen LogP contribution in [0.4, 0.5) is 0 Å². The first-order valence-corrected chi connectivity index (χ1v) is 12.6. The summed E-state index contributed by atoms with van der Waals surface area (Å²) >= 11 is 3.43. The van der Waals surface area contributed by atoms with Gasteiger partial charge in [0.25, 0.3) is 0 Å². The number of hydrogen-bond donors (Lipinski definition) is 0. The highest BCUT2D eigenvalue weighted by Gasteiger charge is 2.20. The second kappa shape index (κ2) is 12.3. The van der Waals surface area contributed by atoms with Gasteiger partial charge in [-0.15, -0.1) is 0 Å². The van der Waals surface area contributed by atoms with Gasteiger partial charge in [-0.25, -0.2) is 9.59 Å². The molecule has 3 nitrogen and oxygen atoms in total. The Bertz CT molecular complexity index is 1260. The summed E-state index contributed by atoms with van der Waals surface area (Å²) in [5.41, 5.74) is 6.02. The monoisotopic (exact) mass is 528 g/mol. The number of halogens is 1. The Balaban J connectivity index is 0.000000211. The molecular formula is C31H29BrO3. The van der Waals surface area contributed by atoms with Gasteiger partial charge in [0.1, 0.15) is 11.5 Å². The first kappa shape index (κ1) is 26.2. The largest absolute Gasteiger partial charge is 0.456 e. The summed E-state index contributed by atoms with van der Waals surface area (Å²) in [5.74, 6) is 1.71. The lowest BCUT2D eigenvalue weighted by molar-refractivity contribution is 0.00704. The first-order valence-electron chi connectivity index (χ1n) is 11.5. The van der Waals surface area contributed by atoms with E-state index in [1.807, 2.05) is 112 Å². The molecule has 1 aliphatic carbocycles. The number of hydrogen-bond acceptors (Lipinski definition) is 3. The minimum Gasteiger partial charge on any atom is -0.456 e. The molecule has 0 radical (unpaired) electrons. The standard InChI is InChI=1S/C18H19BrO2.C13H10O/c1-18(2,3)21-17(20)16-7-5-4-6-15(16)14-10-8-13(12-19)9-11-14;14-10-12-8-4-5-9-13(12)11-6-2-1-3-7-11/h4-11H,12H2,1-3H3;1-7,9H,8H2. The normalized spacial score (nSPS) is 12.7. The molecule has 178 valence electrons. The smallest absolute Gasteiger partial charge is 0.339 e. The number of carbonyl (C=O) groups excluding carboxylic acids is 2. The molecule has 0 heterocycles. The zero-order valence-electron chi connectivity index (χ0n) is 20.3. The van der Waals surface area contributed by atoms with E-state index in [0.717, 1.165) is 33.2 Å². The predicted octanol–water partition coefficient (Wildman–Crippen LogP) is 7.99. The van der Waals surface area contributed by atoms with Gasteiger partial charge in [0, 0.05) is 17.3 Å². The third kappa shape index (κ3) is 7.51. The zero-order chi connectivity index (χ0) is 25.3. The predicted molar refractivity (Wildman–Crippen MR) is 147 cm³/mol. The fraction of sp³-hybridized carbons (Fsp3) is 0.194. The lowest BCUT2D eigenvalue weighted by Crippen LogP contribution is -2.24. The van der Waals surface area contributed by atoms with E-state index in [4.69, 9.17) is 4.74 Å². The number of alkyl halides is 1. The Morgan fingerprint density at radius 1 is 0.914 bits per heavy atom. The van der Waals surface area contributed by atoms with Crippen LogP contribution >= 0.6 is 15.9 Å². The molecule has 3 aromatic rings. The number of ether oxygens (including phenoxy) is 1. The van der Waals surface area contributed by atoms with Crippen molar-refractivity contribution in [2.45, 2.75) is 38.1 Å². The van der Waals surface area contributed by atoms with E-state index in [1.165, 1.54) is 5.56 Å². The van der Waals surface area contributed by atoms with Gasteiger partial charge in [0.15, 0.2) is 0 Å². The molecule has 0 unspecified atom stereocenters. The topological polar surface area (TPSA) is 43.4 Å². The molecule has 4 rings (SSSR count). The van der Waals surface area contributed by atoms with E-state index in [2.05, 4.69) is 28.1 Å². The molecule has 0 aliphatic heterocycles. The van der Waals surface area contributed by atoms with Gasteiger partial charge in [-0.1, -0.05) is 107 Å².